The van der Waals surface area contributed by atoms with Gasteiger partial charge in [0.25, 0.3) is 0 Å². The third kappa shape index (κ3) is 7.26. The molecule has 30 heavy (non-hydrogen) atoms. The number of carbonyl (C=O) groups excluding carboxylic acids is 3. The van der Waals surface area contributed by atoms with Gasteiger partial charge in [0.05, 0.1) is 13.0 Å². The lowest BCUT2D eigenvalue weighted by Crippen LogP contribution is -2.58. The number of hydrogen-bond donors (Lipinski definition) is 6. The van der Waals surface area contributed by atoms with Gasteiger partial charge in [-0.05, 0) is 25.2 Å². The second-order valence-corrected chi connectivity index (χ2v) is 7.67. The van der Waals surface area contributed by atoms with Gasteiger partial charge in [-0.3, -0.25) is 19.2 Å². The number of carboxylic acid groups (broad SMARTS) is 2. The van der Waals surface area contributed by atoms with E-state index in [4.69, 9.17) is 15.9 Å². The van der Waals surface area contributed by atoms with Gasteiger partial charge < -0.3 is 36.6 Å². The fraction of sp³-hybridized carbons (Fsp3) is 0.722. The van der Waals surface area contributed by atoms with E-state index in [1.807, 2.05) is 13.8 Å². The number of rotatable bonds is 11. The lowest BCUT2D eigenvalue weighted by Gasteiger charge is -2.29. The van der Waals surface area contributed by atoms with Crippen LogP contribution in [0.25, 0.3) is 0 Å². The fourth-order valence-electron chi connectivity index (χ4n) is 3.20. The number of carboxylic acids is 2. The summed E-state index contributed by atoms with van der Waals surface area (Å²) < 4.78 is 0. The Hall–Kier alpha value is -2.73. The number of nitrogens with one attached hydrogen (secondary N) is 2. The molecule has 0 radical (unpaired) electrons. The molecule has 0 aromatic rings. The van der Waals surface area contributed by atoms with Crippen LogP contribution < -0.4 is 16.4 Å². The van der Waals surface area contributed by atoms with Crippen LogP contribution in [-0.4, -0.2) is 87.2 Å². The molecule has 1 aliphatic heterocycles. The monoisotopic (exact) mass is 430 g/mol. The highest BCUT2D eigenvalue weighted by Crippen LogP contribution is 2.20. The van der Waals surface area contributed by atoms with Crippen LogP contribution in [0.3, 0.4) is 0 Å². The van der Waals surface area contributed by atoms with E-state index in [0.29, 0.717) is 12.8 Å². The van der Waals surface area contributed by atoms with Crippen LogP contribution in [0.1, 0.15) is 39.5 Å². The fourth-order valence-corrected chi connectivity index (χ4v) is 3.20. The van der Waals surface area contributed by atoms with E-state index in [2.05, 4.69) is 10.6 Å². The van der Waals surface area contributed by atoms with E-state index >= 15 is 0 Å². The zero-order chi connectivity index (χ0) is 23.0. The van der Waals surface area contributed by atoms with Gasteiger partial charge in [0, 0.05) is 6.54 Å². The zero-order valence-electron chi connectivity index (χ0n) is 17.0. The first-order valence-corrected chi connectivity index (χ1v) is 9.70. The van der Waals surface area contributed by atoms with E-state index in [9.17, 15) is 29.1 Å². The Morgan fingerprint density at radius 2 is 1.67 bits per heavy atom. The van der Waals surface area contributed by atoms with E-state index in [1.54, 1.807) is 0 Å². The summed E-state index contributed by atoms with van der Waals surface area (Å²) in [6.07, 6.45) is 0.249. The molecule has 0 bridgehead atoms. The van der Waals surface area contributed by atoms with E-state index in [-0.39, 0.29) is 18.9 Å². The van der Waals surface area contributed by atoms with Crippen molar-refractivity contribution in [2.24, 2.45) is 11.7 Å². The number of likely N-dealkylation sites (tertiary alicyclic amines) is 1. The number of hydrogen-bond acceptors (Lipinski definition) is 7. The normalized spacial score (nSPS) is 19.1. The third-order valence-electron chi connectivity index (χ3n) is 4.69. The Labute approximate surface area is 173 Å². The first kappa shape index (κ1) is 25.3. The topological polar surface area (TPSA) is 199 Å². The molecule has 0 saturated carbocycles. The standard InChI is InChI=1S/C18H30N4O8/c1-9(2)6-12(17(28)22-5-3-4-13(22)18(29)30)21-16(27)11(7-14(24)25)20-15(26)10(19)8-23/h9-13,23H,3-8,19H2,1-2H3,(H,20,26)(H,21,27)(H,24,25)(H,29,30). The summed E-state index contributed by atoms with van der Waals surface area (Å²) in [4.78, 5) is 61.2. The highest BCUT2D eigenvalue weighted by atomic mass is 16.4. The van der Waals surface area contributed by atoms with Gasteiger partial charge in [0.1, 0.15) is 24.2 Å². The smallest absolute Gasteiger partial charge is 0.326 e. The summed E-state index contributed by atoms with van der Waals surface area (Å²) in [5.41, 5.74) is 5.38. The molecule has 12 heteroatoms. The predicted octanol–water partition coefficient (Wildman–Crippen LogP) is -2.13. The van der Waals surface area contributed by atoms with Crippen molar-refractivity contribution in [1.82, 2.24) is 15.5 Å². The summed E-state index contributed by atoms with van der Waals surface area (Å²) in [6, 6.07) is -4.94. The van der Waals surface area contributed by atoms with E-state index in [1.165, 1.54) is 4.90 Å². The van der Waals surface area contributed by atoms with Crippen molar-refractivity contribution in [1.29, 1.82) is 0 Å². The summed E-state index contributed by atoms with van der Waals surface area (Å²) in [5.74, 6) is -4.96. The molecule has 170 valence electrons. The van der Waals surface area contributed by atoms with Crippen molar-refractivity contribution < 1.29 is 39.3 Å². The minimum Gasteiger partial charge on any atom is -0.481 e. The number of aliphatic hydroxyl groups excluding tert-OH is 1. The van der Waals surface area contributed by atoms with Crippen molar-refractivity contribution in [2.75, 3.05) is 13.2 Å². The average Bonchev–Trinajstić information content (AvgIpc) is 3.14. The molecule has 0 aromatic heterocycles. The first-order valence-electron chi connectivity index (χ1n) is 9.70. The van der Waals surface area contributed by atoms with Gasteiger partial charge in [-0.1, -0.05) is 13.8 Å². The van der Waals surface area contributed by atoms with Gasteiger partial charge in [-0.25, -0.2) is 4.79 Å². The Balaban J connectivity index is 3.00. The minimum atomic E-state index is -1.52. The maximum absolute atomic E-state index is 12.9. The average molecular weight is 430 g/mol. The summed E-state index contributed by atoms with van der Waals surface area (Å²) >= 11 is 0. The van der Waals surface area contributed by atoms with Crippen molar-refractivity contribution in [3.63, 3.8) is 0 Å². The Bertz CT molecular complexity index is 669. The molecule has 7 N–H and O–H groups in total. The highest BCUT2D eigenvalue weighted by Gasteiger charge is 2.38. The Kier molecular flexibility index (Phi) is 9.66. The first-order chi connectivity index (χ1) is 14.0. The highest BCUT2D eigenvalue weighted by molar-refractivity contribution is 5.95. The van der Waals surface area contributed by atoms with Crippen LogP contribution in [0, 0.1) is 5.92 Å². The molecule has 4 unspecified atom stereocenters. The molecule has 4 atom stereocenters. The van der Waals surface area contributed by atoms with Crippen LogP contribution in [0.2, 0.25) is 0 Å². The van der Waals surface area contributed by atoms with Crippen LogP contribution in [0.15, 0.2) is 0 Å². The molecular formula is C18H30N4O8. The van der Waals surface area contributed by atoms with Crippen molar-refractivity contribution in [3.05, 3.63) is 0 Å². The third-order valence-corrected chi connectivity index (χ3v) is 4.69. The number of nitrogens with zero attached hydrogens (tertiary/aromatic N) is 1. The number of amides is 3. The largest absolute Gasteiger partial charge is 0.481 e. The molecule has 1 heterocycles. The van der Waals surface area contributed by atoms with Gasteiger partial charge >= 0.3 is 11.9 Å². The van der Waals surface area contributed by atoms with Crippen LogP contribution in [0.4, 0.5) is 0 Å². The lowest BCUT2D eigenvalue weighted by atomic mass is 10.0. The molecule has 1 saturated heterocycles. The predicted molar refractivity (Wildman–Crippen MR) is 103 cm³/mol. The number of aliphatic carboxylic acids is 2. The second-order valence-electron chi connectivity index (χ2n) is 7.67. The van der Waals surface area contributed by atoms with Crippen LogP contribution in [-0.2, 0) is 24.0 Å². The van der Waals surface area contributed by atoms with Gasteiger partial charge in [0.15, 0.2) is 0 Å². The molecule has 0 spiro atoms. The number of nitrogens with two attached hydrogens (primary N) is 1. The molecular weight excluding hydrogens is 400 g/mol. The number of carbonyl (C=O) groups is 5. The summed E-state index contributed by atoms with van der Waals surface area (Å²) in [7, 11) is 0. The van der Waals surface area contributed by atoms with Crippen molar-refractivity contribution in [2.45, 2.75) is 63.7 Å². The van der Waals surface area contributed by atoms with Gasteiger partial charge in [-0.15, -0.1) is 0 Å². The summed E-state index contributed by atoms with van der Waals surface area (Å²) in [6.45, 7) is 3.15. The van der Waals surface area contributed by atoms with Crippen LogP contribution >= 0.6 is 0 Å². The van der Waals surface area contributed by atoms with Gasteiger partial charge in [0.2, 0.25) is 17.7 Å². The maximum atomic E-state index is 12.9. The molecule has 0 aliphatic carbocycles. The van der Waals surface area contributed by atoms with Gasteiger partial charge in [-0.2, -0.15) is 0 Å². The zero-order valence-corrected chi connectivity index (χ0v) is 17.0. The lowest BCUT2D eigenvalue weighted by molar-refractivity contribution is -0.150. The Morgan fingerprint density at radius 3 is 2.17 bits per heavy atom. The molecule has 12 nitrogen and oxygen atoms in total. The number of aliphatic hydroxyl groups is 1. The quantitative estimate of drug-likeness (QED) is 0.212. The van der Waals surface area contributed by atoms with E-state index < -0.39 is 66.9 Å². The molecule has 1 rings (SSSR count). The minimum absolute atomic E-state index is 0.0412. The Morgan fingerprint density at radius 1 is 1.07 bits per heavy atom. The molecule has 1 fully saturated rings. The van der Waals surface area contributed by atoms with Crippen molar-refractivity contribution in [3.8, 4) is 0 Å². The molecule has 3 amide bonds. The molecule has 0 aromatic carbocycles. The summed E-state index contributed by atoms with van der Waals surface area (Å²) in [5, 5.41) is 31.9. The molecule has 1 aliphatic rings. The maximum Gasteiger partial charge on any atom is 0.326 e. The van der Waals surface area contributed by atoms with E-state index in [0.717, 1.165) is 0 Å². The van der Waals surface area contributed by atoms with Crippen molar-refractivity contribution >= 4 is 29.7 Å². The SMILES string of the molecule is CC(C)CC(NC(=O)C(CC(=O)O)NC(=O)C(N)CO)C(=O)N1CCCC1C(=O)O. The van der Waals surface area contributed by atoms with Crippen LogP contribution in [0.5, 0.6) is 0 Å². The second kappa shape index (κ2) is 11.5.